The highest BCUT2D eigenvalue weighted by Gasteiger charge is 2.26. The standard InChI is InChI=1S/C12H20N2O2S/c1-11(2,3)7-12(4,5)14-10-13-6-8(17-10)9(15)16/h6H,7H2,1-5H3,(H,13,14)(H,15,16). The third-order valence-corrected chi connectivity index (χ3v) is 3.03. The lowest BCUT2D eigenvalue weighted by atomic mass is 9.82. The van der Waals surface area contributed by atoms with E-state index in [1.165, 1.54) is 17.5 Å². The Morgan fingerprint density at radius 1 is 1.41 bits per heavy atom. The van der Waals surface area contributed by atoms with Crippen LogP contribution in [0.1, 0.15) is 50.7 Å². The first-order valence-corrected chi connectivity index (χ1v) is 6.38. The van der Waals surface area contributed by atoms with E-state index in [1.54, 1.807) is 0 Å². The van der Waals surface area contributed by atoms with Gasteiger partial charge in [0, 0.05) is 5.54 Å². The number of carboxylic acids is 1. The summed E-state index contributed by atoms with van der Waals surface area (Å²) in [6.07, 6.45) is 2.37. The van der Waals surface area contributed by atoms with E-state index in [9.17, 15) is 4.79 Å². The number of hydrogen-bond acceptors (Lipinski definition) is 4. The molecule has 1 aromatic rings. The number of carboxylic acid groups (broad SMARTS) is 1. The third-order valence-electron chi connectivity index (χ3n) is 2.13. The van der Waals surface area contributed by atoms with Crippen LogP contribution in [0.5, 0.6) is 0 Å². The maximum absolute atomic E-state index is 10.8. The average Bonchev–Trinajstić information content (AvgIpc) is 2.46. The molecule has 0 aromatic carbocycles. The first kappa shape index (κ1) is 14.0. The molecular weight excluding hydrogens is 236 g/mol. The molecule has 96 valence electrons. The summed E-state index contributed by atoms with van der Waals surface area (Å²) in [5.41, 5.74) is 0.106. The van der Waals surface area contributed by atoms with Crippen LogP contribution in [-0.4, -0.2) is 21.6 Å². The highest BCUT2D eigenvalue weighted by Crippen LogP contribution is 2.30. The summed E-state index contributed by atoms with van der Waals surface area (Å²) in [5, 5.41) is 12.8. The molecule has 1 heterocycles. The van der Waals surface area contributed by atoms with Gasteiger partial charge < -0.3 is 10.4 Å². The largest absolute Gasteiger partial charge is 0.477 e. The Kier molecular flexibility index (Phi) is 3.81. The molecule has 0 aliphatic heterocycles. The fourth-order valence-electron chi connectivity index (χ4n) is 2.09. The Hall–Kier alpha value is -1.10. The Bertz CT molecular complexity index is 405. The van der Waals surface area contributed by atoms with Gasteiger partial charge in [0.2, 0.25) is 0 Å². The van der Waals surface area contributed by atoms with Crippen molar-refractivity contribution in [3.05, 3.63) is 11.1 Å². The fourth-order valence-corrected chi connectivity index (χ4v) is 2.92. The maximum Gasteiger partial charge on any atom is 0.347 e. The van der Waals surface area contributed by atoms with Gasteiger partial charge in [0.05, 0.1) is 6.20 Å². The van der Waals surface area contributed by atoms with Crippen LogP contribution >= 0.6 is 11.3 Å². The van der Waals surface area contributed by atoms with Crippen molar-refractivity contribution in [3.8, 4) is 0 Å². The lowest BCUT2D eigenvalue weighted by Gasteiger charge is -2.33. The molecule has 0 aliphatic rings. The summed E-state index contributed by atoms with van der Waals surface area (Å²) in [5.74, 6) is -0.927. The molecule has 5 heteroatoms. The molecule has 0 fully saturated rings. The molecule has 0 spiro atoms. The lowest BCUT2D eigenvalue weighted by molar-refractivity contribution is 0.0702. The van der Waals surface area contributed by atoms with Gasteiger partial charge in [-0.2, -0.15) is 0 Å². The molecule has 1 aromatic heterocycles. The van der Waals surface area contributed by atoms with E-state index >= 15 is 0 Å². The van der Waals surface area contributed by atoms with Gasteiger partial charge in [0.1, 0.15) is 4.88 Å². The van der Waals surface area contributed by atoms with Crippen molar-refractivity contribution in [2.24, 2.45) is 5.41 Å². The highest BCUT2D eigenvalue weighted by molar-refractivity contribution is 7.17. The van der Waals surface area contributed by atoms with Gasteiger partial charge in [0.25, 0.3) is 0 Å². The van der Waals surface area contributed by atoms with E-state index in [4.69, 9.17) is 5.11 Å². The molecular formula is C12H20N2O2S. The van der Waals surface area contributed by atoms with Gasteiger partial charge in [0.15, 0.2) is 5.13 Å². The fraction of sp³-hybridized carbons (Fsp3) is 0.667. The van der Waals surface area contributed by atoms with Crippen LogP contribution in [0.2, 0.25) is 0 Å². The molecule has 17 heavy (non-hydrogen) atoms. The normalized spacial score (nSPS) is 12.5. The average molecular weight is 256 g/mol. The predicted octanol–water partition coefficient (Wildman–Crippen LogP) is 3.47. The minimum absolute atomic E-state index is 0.105. The summed E-state index contributed by atoms with van der Waals surface area (Å²) < 4.78 is 0. The van der Waals surface area contributed by atoms with E-state index in [0.717, 1.165) is 6.42 Å². The van der Waals surface area contributed by atoms with Crippen molar-refractivity contribution < 1.29 is 9.90 Å². The van der Waals surface area contributed by atoms with Crippen molar-refractivity contribution in [2.45, 2.75) is 46.6 Å². The SMILES string of the molecule is CC(C)(C)CC(C)(C)Nc1ncc(C(=O)O)s1. The van der Waals surface area contributed by atoms with Gasteiger partial charge in [-0.3, -0.25) is 0 Å². The Morgan fingerprint density at radius 3 is 2.41 bits per heavy atom. The Morgan fingerprint density at radius 2 is 2.00 bits per heavy atom. The van der Waals surface area contributed by atoms with Gasteiger partial charge in [-0.05, 0) is 25.7 Å². The van der Waals surface area contributed by atoms with Crippen LogP contribution in [0.3, 0.4) is 0 Å². The van der Waals surface area contributed by atoms with Gasteiger partial charge in [-0.25, -0.2) is 9.78 Å². The zero-order valence-electron chi connectivity index (χ0n) is 11.0. The summed E-state index contributed by atoms with van der Waals surface area (Å²) in [6, 6.07) is 0. The monoisotopic (exact) mass is 256 g/mol. The number of thiazole rings is 1. The van der Waals surface area contributed by atoms with Crippen LogP contribution in [0.4, 0.5) is 5.13 Å². The number of aromatic nitrogens is 1. The second kappa shape index (κ2) is 4.64. The Labute approximate surface area is 106 Å². The molecule has 0 unspecified atom stereocenters. The van der Waals surface area contributed by atoms with Crippen LogP contribution < -0.4 is 5.32 Å². The van der Waals surface area contributed by atoms with E-state index in [0.29, 0.717) is 5.13 Å². The second-order valence-corrected chi connectivity index (χ2v) is 7.11. The first-order valence-electron chi connectivity index (χ1n) is 5.56. The van der Waals surface area contributed by atoms with Gasteiger partial charge in [-0.1, -0.05) is 32.1 Å². The van der Waals surface area contributed by atoms with E-state index in [1.807, 2.05) is 0 Å². The third kappa shape index (κ3) is 4.73. The predicted molar refractivity (Wildman–Crippen MR) is 70.8 cm³/mol. The van der Waals surface area contributed by atoms with Crippen LogP contribution in [0.25, 0.3) is 0 Å². The van der Waals surface area contributed by atoms with Crippen molar-refractivity contribution in [3.63, 3.8) is 0 Å². The molecule has 0 aliphatic carbocycles. The number of carbonyl (C=O) groups is 1. The molecule has 4 nitrogen and oxygen atoms in total. The quantitative estimate of drug-likeness (QED) is 0.866. The van der Waals surface area contributed by atoms with Crippen LogP contribution in [0, 0.1) is 5.41 Å². The number of rotatable bonds is 4. The van der Waals surface area contributed by atoms with Crippen molar-refractivity contribution >= 4 is 22.4 Å². The molecule has 1 rings (SSSR count). The minimum atomic E-state index is -0.927. The van der Waals surface area contributed by atoms with Crippen molar-refractivity contribution in [2.75, 3.05) is 5.32 Å². The number of aromatic carboxylic acids is 1. The summed E-state index contributed by atoms with van der Waals surface area (Å²) in [7, 11) is 0. The zero-order chi connectivity index (χ0) is 13.3. The molecule has 0 bridgehead atoms. The van der Waals surface area contributed by atoms with Crippen LogP contribution in [-0.2, 0) is 0 Å². The second-order valence-electron chi connectivity index (χ2n) is 6.08. The van der Waals surface area contributed by atoms with Gasteiger partial charge in [-0.15, -0.1) is 0 Å². The molecule has 0 saturated carbocycles. The molecule has 0 amide bonds. The number of nitrogens with zero attached hydrogens (tertiary/aromatic N) is 1. The number of hydrogen-bond donors (Lipinski definition) is 2. The number of anilines is 1. The summed E-state index contributed by atoms with van der Waals surface area (Å²) in [6.45, 7) is 10.7. The van der Waals surface area contributed by atoms with Crippen molar-refractivity contribution in [1.82, 2.24) is 4.98 Å². The first-order chi connectivity index (χ1) is 7.59. The molecule has 0 radical (unpaired) electrons. The number of nitrogens with one attached hydrogen (secondary N) is 1. The molecule has 2 N–H and O–H groups in total. The maximum atomic E-state index is 10.8. The van der Waals surface area contributed by atoms with Gasteiger partial charge >= 0.3 is 5.97 Å². The van der Waals surface area contributed by atoms with Crippen LogP contribution in [0.15, 0.2) is 6.20 Å². The highest BCUT2D eigenvalue weighted by atomic mass is 32.1. The summed E-state index contributed by atoms with van der Waals surface area (Å²) >= 11 is 1.17. The molecule has 0 atom stereocenters. The smallest absolute Gasteiger partial charge is 0.347 e. The topological polar surface area (TPSA) is 62.2 Å². The Balaban J connectivity index is 2.72. The lowest BCUT2D eigenvalue weighted by Crippen LogP contribution is -2.35. The van der Waals surface area contributed by atoms with E-state index < -0.39 is 5.97 Å². The van der Waals surface area contributed by atoms with Crippen molar-refractivity contribution in [1.29, 1.82) is 0 Å². The van der Waals surface area contributed by atoms with E-state index in [2.05, 4.69) is 44.9 Å². The molecule has 0 saturated heterocycles. The minimum Gasteiger partial charge on any atom is -0.477 e. The van der Waals surface area contributed by atoms with E-state index in [-0.39, 0.29) is 15.8 Å². The summed E-state index contributed by atoms with van der Waals surface area (Å²) in [4.78, 5) is 15.1. The zero-order valence-corrected chi connectivity index (χ0v) is 11.8.